The topological polar surface area (TPSA) is 46.6 Å². The molecule has 0 saturated heterocycles. The lowest BCUT2D eigenvalue weighted by Crippen LogP contribution is -2.24. The average molecular weight is 375 g/mol. The molecule has 4 rings (SSSR count). The lowest BCUT2D eigenvalue weighted by atomic mass is 9.99. The number of rotatable bonds is 3. The van der Waals surface area contributed by atoms with Gasteiger partial charge < -0.3 is 9.64 Å². The van der Waals surface area contributed by atoms with Gasteiger partial charge in [0.25, 0.3) is 0 Å². The maximum Gasteiger partial charge on any atom is 0.347 e. The van der Waals surface area contributed by atoms with Gasteiger partial charge in [0.05, 0.1) is 16.3 Å². The van der Waals surface area contributed by atoms with E-state index in [9.17, 15) is 9.59 Å². The van der Waals surface area contributed by atoms with E-state index in [-0.39, 0.29) is 11.4 Å². The van der Waals surface area contributed by atoms with Gasteiger partial charge in [0, 0.05) is 11.4 Å². The molecule has 0 N–H and O–H groups in total. The molecule has 0 amide bonds. The van der Waals surface area contributed by atoms with Crippen molar-refractivity contribution >= 4 is 29.2 Å². The molecule has 0 bridgehead atoms. The Kier molecular flexibility index (Phi) is 4.69. The largest absolute Gasteiger partial charge is 0.422 e. The van der Waals surface area contributed by atoms with Crippen LogP contribution in [0, 0.1) is 0 Å². The lowest BCUT2D eigenvalue weighted by molar-refractivity contribution is -0.130. The minimum Gasteiger partial charge on any atom is -0.422 e. The van der Waals surface area contributed by atoms with Gasteiger partial charge in [-0.2, -0.15) is 0 Å². The van der Waals surface area contributed by atoms with Gasteiger partial charge in [-0.25, -0.2) is 4.79 Å². The fourth-order valence-corrected chi connectivity index (χ4v) is 4.21. The van der Waals surface area contributed by atoms with Gasteiger partial charge in [-0.1, -0.05) is 48.2 Å². The quantitative estimate of drug-likeness (QED) is 0.335. The number of carbonyl (C=O) groups is 2. The maximum absolute atomic E-state index is 12.5. The number of hydrogen-bond donors (Lipinski definition) is 0. The van der Waals surface area contributed by atoms with Crippen molar-refractivity contribution in [2.45, 2.75) is 11.8 Å². The van der Waals surface area contributed by atoms with Gasteiger partial charge in [0.15, 0.2) is 0 Å². The van der Waals surface area contributed by atoms with E-state index in [2.05, 4.69) is 24.0 Å². The number of nitrogens with zero attached hydrogens (tertiary/aromatic N) is 1. The van der Waals surface area contributed by atoms with Crippen molar-refractivity contribution in [3.63, 3.8) is 0 Å². The Morgan fingerprint density at radius 1 is 1.00 bits per heavy atom. The molecule has 2 aliphatic heterocycles. The number of fused-ring (bicyclic) bond motifs is 2. The van der Waals surface area contributed by atoms with Gasteiger partial charge >= 0.3 is 5.97 Å². The molecular formula is C22H17NO3S. The first-order valence-electron chi connectivity index (χ1n) is 8.68. The summed E-state index contributed by atoms with van der Waals surface area (Å²) in [6, 6.07) is 15.0. The van der Waals surface area contributed by atoms with Crippen LogP contribution in [0.5, 0.6) is 5.75 Å². The highest BCUT2D eigenvalue weighted by Crippen LogP contribution is 2.45. The first-order valence-corrected chi connectivity index (χ1v) is 9.49. The summed E-state index contributed by atoms with van der Waals surface area (Å²) in [5.41, 5.74) is 1.65. The van der Waals surface area contributed by atoms with Crippen molar-refractivity contribution in [3.05, 3.63) is 89.0 Å². The van der Waals surface area contributed by atoms with Crippen LogP contribution in [0.1, 0.15) is 17.3 Å². The van der Waals surface area contributed by atoms with Crippen LogP contribution in [0.4, 0.5) is 5.69 Å². The van der Waals surface area contributed by atoms with Crippen LogP contribution in [-0.4, -0.2) is 18.3 Å². The zero-order chi connectivity index (χ0) is 18.8. The summed E-state index contributed by atoms with van der Waals surface area (Å²) in [7, 11) is 0. The molecule has 5 heteroatoms. The van der Waals surface area contributed by atoms with Crippen molar-refractivity contribution in [3.8, 4) is 5.75 Å². The fraction of sp³-hybridized carbons (Fsp3) is 0.0909. The van der Waals surface area contributed by atoms with Gasteiger partial charge in [0.2, 0.25) is 5.78 Å². The molecule has 0 aliphatic carbocycles. The zero-order valence-electron chi connectivity index (χ0n) is 14.7. The minimum atomic E-state index is -0.617. The number of hydrogen-bond acceptors (Lipinski definition) is 5. The molecule has 0 spiro atoms. The van der Waals surface area contributed by atoms with E-state index < -0.39 is 5.97 Å². The molecule has 2 aromatic rings. The monoisotopic (exact) mass is 375 g/mol. The summed E-state index contributed by atoms with van der Waals surface area (Å²) >= 11 is 1.70. The molecule has 0 radical (unpaired) electrons. The predicted octanol–water partition coefficient (Wildman–Crippen LogP) is 4.74. The van der Waals surface area contributed by atoms with E-state index >= 15 is 0 Å². The second-order valence-corrected chi connectivity index (χ2v) is 7.06. The van der Waals surface area contributed by atoms with Gasteiger partial charge in [-0.05, 0) is 43.3 Å². The number of benzene rings is 2. The Labute approximate surface area is 161 Å². The van der Waals surface area contributed by atoms with Crippen LogP contribution >= 0.6 is 11.8 Å². The number of ether oxygens (including phenoxy) is 1. The van der Waals surface area contributed by atoms with Crippen molar-refractivity contribution in [2.75, 3.05) is 11.4 Å². The summed E-state index contributed by atoms with van der Waals surface area (Å²) in [4.78, 5) is 28.0. The van der Waals surface area contributed by atoms with Crippen molar-refractivity contribution < 1.29 is 14.3 Å². The van der Waals surface area contributed by atoms with E-state index in [1.807, 2.05) is 24.3 Å². The molecule has 2 aliphatic rings. The van der Waals surface area contributed by atoms with E-state index in [1.54, 1.807) is 42.1 Å². The highest BCUT2D eigenvalue weighted by Gasteiger charge is 2.29. The summed E-state index contributed by atoms with van der Waals surface area (Å²) < 4.78 is 5.23. The SMILES string of the molecule is CCN1C(=CC=CC=C2C(=O)Oc3ccccc3C2=O)Sc2ccccc21. The molecule has 134 valence electrons. The summed E-state index contributed by atoms with van der Waals surface area (Å²) in [5.74, 6) is -0.611. The molecule has 0 unspecified atom stereocenters. The third kappa shape index (κ3) is 3.22. The second-order valence-electron chi connectivity index (χ2n) is 6.00. The van der Waals surface area contributed by atoms with E-state index in [0.717, 1.165) is 11.6 Å². The van der Waals surface area contributed by atoms with Crippen molar-refractivity contribution in [1.29, 1.82) is 0 Å². The molecule has 2 heterocycles. The van der Waals surface area contributed by atoms with E-state index in [1.165, 1.54) is 16.7 Å². The van der Waals surface area contributed by atoms with Crippen LogP contribution in [0.15, 0.2) is 88.3 Å². The Bertz CT molecular complexity index is 1020. The first kappa shape index (κ1) is 17.4. The first-order chi connectivity index (χ1) is 13.2. The molecule has 0 fully saturated rings. The van der Waals surface area contributed by atoms with Crippen LogP contribution in [0.2, 0.25) is 0 Å². The molecule has 0 saturated carbocycles. The van der Waals surface area contributed by atoms with E-state index in [0.29, 0.717) is 11.3 Å². The Morgan fingerprint density at radius 3 is 2.59 bits per heavy atom. The smallest absolute Gasteiger partial charge is 0.347 e. The average Bonchev–Trinajstić information content (AvgIpc) is 3.04. The Hall–Kier alpha value is -3.05. The zero-order valence-corrected chi connectivity index (χ0v) is 15.5. The summed E-state index contributed by atoms with van der Waals surface area (Å²) in [5, 5.41) is 1.11. The number of esters is 1. The standard InChI is InChI=1S/C22H17NO3S/c1-2-23-17-11-5-7-13-19(17)27-20(23)14-8-4-10-16-21(24)15-9-3-6-12-18(15)26-22(16)25/h3-14H,2H2,1H3. The second kappa shape index (κ2) is 7.29. The van der Waals surface area contributed by atoms with Gasteiger partial charge in [-0.3, -0.25) is 4.79 Å². The molecular weight excluding hydrogens is 358 g/mol. The fourth-order valence-electron chi connectivity index (χ4n) is 3.07. The Balaban J connectivity index is 1.55. The predicted molar refractivity (Wildman–Crippen MR) is 107 cm³/mol. The van der Waals surface area contributed by atoms with E-state index in [4.69, 9.17) is 4.74 Å². The number of para-hydroxylation sites is 2. The number of allylic oxidation sites excluding steroid dienone is 4. The maximum atomic E-state index is 12.5. The molecule has 4 nitrogen and oxygen atoms in total. The third-order valence-corrected chi connectivity index (χ3v) is 5.50. The van der Waals surface area contributed by atoms with Crippen molar-refractivity contribution in [1.82, 2.24) is 0 Å². The number of thioether (sulfide) groups is 1. The number of ketones is 1. The highest BCUT2D eigenvalue weighted by molar-refractivity contribution is 8.03. The van der Waals surface area contributed by atoms with Crippen LogP contribution in [0.3, 0.4) is 0 Å². The highest BCUT2D eigenvalue weighted by atomic mass is 32.2. The van der Waals surface area contributed by atoms with Gasteiger partial charge in [0.1, 0.15) is 11.3 Å². The summed E-state index contributed by atoms with van der Waals surface area (Å²) in [6.45, 7) is 2.97. The van der Waals surface area contributed by atoms with Crippen molar-refractivity contribution in [2.24, 2.45) is 0 Å². The van der Waals surface area contributed by atoms with Gasteiger partial charge in [-0.15, -0.1) is 0 Å². The minimum absolute atomic E-state index is 0.0399. The normalized spacial score (nSPS) is 18.9. The number of carbonyl (C=O) groups excluding carboxylic acids is 2. The van der Waals surface area contributed by atoms with Crippen LogP contribution < -0.4 is 9.64 Å². The molecule has 0 atom stereocenters. The number of anilines is 1. The number of Topliss-reactive ketones (excluding diaryl/α,β-unsaturated/α-hetero) is 1. The lowest BCUT2D eigenvalue weighted by Gasteiger charge is -2.17. The third-order valence-electron chi connectivity index (χ3n) is 4.36. The summed E-state index contributed by atoms with van der Waals surface area (Å²) in [6.07, 6.45) is 7.04. The molecule has 27 heavy (non-hydrogen) atoms. The molecule has 2 aromatic carbocycles. The molecule has 0 aromatic heterocycles. The van der Waals surface area contributed by atoms with Crippen LogP contribution in [-0.2, 0) is 4.79 Å². The van der Waals surface area contributed by atoms with Crippen LogP contribution in [0.25, 0.3) is 0 Å². The Morgan fingerprint density at radius 2 is 1.74 bits per heavy atom.